The average molecular weight is 371 g/mol. The molecule has 2 saturated heterocycles. The molecule has 4 rings (SSSR count). The van der Waals surface area contributed by atoms with Gasteiger partial charge in [-0.15, -0.1) is 0 Å². The van der Waals surface area contributed by atoms with Gasteiger partial charge in [-0.3, -0.25) is 14.4 Å². The third-order valence-electron chi connectivity index (χ3n) is 5.18. The molecule has 0 aromatic heterocycles. The van der Waals surface area contributed by atoms with Crippen molar-refractivity contribution < 1.29 is 33.4 Å². The molecule has 2 bridgehead atoms. The fraction of sp³-hybridized carbons (Fsp3) is 0.368. The second-order valence-electron chi connectivity index (χ2n) is 6.73. The first-order chi connectivity index (χ1) is 12.9. The molecule has 8 nitrogen and oxygen atoms in total. The van der Waals surface area contributed by atoms with Gasteiger partial charge in [0.25, 0.3) is 0 Å². The lowest BCUT2D eigenvalue weighted by Crippen LogP contribution is -2.44. The Morgan fingerprint density at radius 2 is 2.04 bits per heavy atom. The summed E-state index contributed by atoms with van der Waals surface area (Å²) in [6.45, 7) is 1.14. The van der Waals surface area contributed by atoms with E-state index in [2.05, 4.69) is 0 Å². The Balaban J connectivity index is 1.68. The molecule has 3 heterocycles. The van der Waals surface area contributed by atoms with Gasteiger partial charge in [-0.25, -0.2) is 9.69 Å². The van der Waals surface area contributed by atoms with Gasteiger partial charge in [-0.05, 0) is 24.3 Å². The lowest BCUT2D eigenvalue weighted by Gasteiger charge is -2.28. The quantitative estimate of drug-likeness (QED) is 0.439. The molecular weight excluding hydrogens is 354 g/mol. The number of carbonyl (C=O) groups is 4. The first-order valence-electron chi connectivity index (χ1n) is 8.45. The Hall–Kier alpha value is -3.00. The molecule has 8 heteroatoms. The summed E-state index contributed by atoms with van der Waals surface area (Å²) in [5.41, 5.74) is -0.605. The SMILES string of the molecule is COC(=O)c1cccc(N2C(=O)[C@H]3[C@@H](C2=O)[C@@]2(COC(C)=O)C=C[C@H]3O2)c1. The summed E-state index contributed by atoms with van der Waals surface area (Å²) in [4.78, 5) is 50.2. The number of nitrogens with zero attached hydrogens (tertiary/aromatic N) is 1. The zero-order valence-corrected chi connectivity index (χ0v) is 14.7. The van der Waals surface area contributed by atoms with Gasteiger partial charge in [-0.1, -0.05) is 12.1 Å². The van der Waals surface area contributed by atoms with Gasteiger partial charge in [-0.2, -0.15) is 0 Å². The van der Waals surface area contributed by atoms with Crippen LogP contribution in [0.15, 0.2) is 36.4 Å². The van der Waals surface area contributed by atoms with Crippen LogP contribution in [0.1, 0.15) is 17.3 Å². The van der Waals surface area contributed by atoms with Gasteiger partial charge >= 0.3 is 11.9 Å². The highest BCUT2D eigenvalue weighted by Gasteiger charge is 2.68. The van der Waals surface area contributed by atoms with Crippen LogP contribution in [0, 0.1) is 11.8 Å². The monoisotopic (exact) mass is 371 g/mol. The molecule has 3 aliphatic rings. The Morgan fingerprint density at radius 3 is 2.74 bits per heavy atom. The molecule has 1 aromatic rings. The zero-order chi connectivity index (χ0) is 19.3. The highest BCUT2D eigenvalue weighted by molar-refractivity contribution is 6.23. The minimum Gasteiger partial charge on any atom is -0.465 e. The molecule has 2 amide bonds. The summed E-state index contributed by atoms with van der Waals surface area (Å²) in [6.07, 6.45) is 2.88. The topological polar surface area (TPSA) is 99.2 Å². The molecule has 0 aliphatic carbocycles. The summed E-state index contributed by atoms with van der Waals surface area (Å²) in [5, 5.41) is 0. The standard InChI is InChI=1S/C19H17NO7/c1-10(21)26-9-19-7-6-13(27-19)14-15(19)17(23)20(16(14)22)12-5-3-4-11(8-12)18(24)25-2/h3-8,13-15H,9H2,1-2H3/t13-,14-,15+,19+/m1/s1. The average Bonchev–Trinajstić information content (AvgIpc) is 3.30. The highest BCUT2D eigenvalue weighted by atomic mass is 16.6. The number of rotatable bonds is 4. The molecule has 0 unspecified atom stereocenters. The van der Waals surface area contributed by atoms with Crippen molar-refractivity contribution in [3.63, 3.8) is 0 Å². The minimum absolute atomic E-state index is 0.133. The lowest BCUT2D eigenvalue weighted by atomic mass is 9.77. The van der Waals surface area contributed by atoms with Crippen molar-refractivity contribution in [1.82, 2.24) is 0 Å². The number of carbonyl (C=O) groups excluding carboxylic acids is 4. The smallest absolute Gasteiger partial charge is 0.337 e. The molecule has 4 atom stereocenters. The van der Waals surface area contributed by atoms with E-state index in [0.717, 1.165) is 4.90 Å². The summed E-state index contributed by atoms with van der Waals surface area (Å²) in [7, 11) is 1.25. The number of hydrogen-bond acceptors (Lipinski definition) is 7. The summed E-state index contributed by atoms with van der Waals surface area (Å²) < 4.78 is 15.6. The van der Waals surface area contributed by atoms with Crippen LogP contribution in [0.5, 0.6) is 0 Å². The Morgan fingerprint density at radius 1 is 1.26 bits per heavy atom. The van der Waals surface area contributed by atoms with Crippen LogP contribution < -0.4 is 4.90 Å². The molecular formula is C19H17NO7. The number of hydrogen-bond donors (Lipinski definition) is 0. The van der Waals surface area contributed by atoms with Crippen LogP contribution in [0.2, 0.25) is 0 Å². The molecule has 1 aromatic carbocycles. The van der Waals surface area contributed by atoms with E-state index >= 15 is 0 Å². The second-order valence-corrected chi connectivity index (χ2v) is 6.73. The fourth-order valence-corrected chi connectivity index (χ4v) is 4.03. The van der Waals surface area contributed by atoms with E-state index in [9.17, 15) is 19.2 Å². The maximum absolute atomic E-state index is 13.1. The highest BCUT2D eigenvalue weighted by Crippen LogP contribution is 2.52. The van der Waals surface area contributed by atoms with E-state index in [1.54, 1.807) is 24.3 Å². The van der Waals surface area contributed by atoms with E-state index in [0.29, 0.717) is 5.69 Å². The van der Waals surface area contributed by atoms with Crippen LogP contribution in [0.4, 0.5) is 5.69 Å². The predicted molar refractivity (Wildman–Crippen MR) is 90.6 cm³/mol. The molecule has 3 aliphatic heterocycles. The molecule has 0 saturated carbocycles. The molecule has 0 spiro atoms. The van der Waals surface area contributed by atoms with Gasteiger partial charge in [0.2, 0.25) is 11.8 Å². The van der Waals surface area contributed by atoms with Crippen LogP contribution in [-0.2, 0) is 28.6 Å². The van der Waals surface area contributed by atoms with E-state index in [4.69, 9.17) is 14.2 Å². The Kier molecular flexibility index (Phi) is 3.88. The van der Waals surface area contributed by atoms with Crippen LogP contribution in [0.3, 0.4) is 0 Å². The zero-order valence-electron chi connectivity index (χ0n) is 14.7. The number of amides is 2. The normalized spacial score (nSPS) is 30.6. The largest absolute Gasteiger partial charge is 0.465 e. The van der Waals surface area contributed by atoms with Crippen molar-refractivity contribution in [3.05, 3.63) is 42.0 Å². The third-order valence-corrected chi connectivity index (χ3v) is 5.18. The van der Waals surface area contributed by atoms with E-state index in [1.807, 2.05) is 0 Å². The molecule has 0 radical (unpaired) electrons. The number of ether oxygens (including phenoxy) is 3. The van der Waals surface area contributed by atoms with Crippen molar-refractivity contribution >= 4 is 29.4 Å². The van der Waals surface area contributed by atoms with Crippen molar-refractivity contribution in [3.8, 4) is 0 Å². The molecule has 0 N–H and O–H groups in total. The Bertz CT molecular complexity index is 892. The van der Waals surface area contributed by atoms with E-state index in [1.165, 1.54) is 26.2 Å². The van der Waals surface area contributed by atoms with Crippen LogP contribution >= 0.6 is 0 Å². The van der Waals surface area contributed by atoms with Gasteiger partial charge in [0.15, 0.2) is 0 Å². The number of esters is 2. The number of anilines is 1. The van der Waals surface area contributed by atoms with Crippen molar-refractivity contribution in [2.45, 2.75) is 18.6 Å². The lowest BCUT2D eigenvalue weighted by molar-refractivity contribution is -0.150. The number of benzene rings is 1. The molecule has 140 valence electrons. The molecule has 27 heavy (non-hydrogen) atoms. The first-order valence-corrected chi connectivity index (χ1v) is 8.45. The fourth-order valence-electron chi connectivity index (χ4n) is 4.03. The summed E-state index contributed by atoms with van der Waals surface area (Å²) in [6, 6.07) is 6.14. The van der Waals surface area contributed by atoms with Gasteiger partial charge in [0.05, 0.1) is 36.3 Å². The number of imide groups is 1. The van der Waals surface area contributed by atoms with Crippen molar-refractivity contribution in [1.29, 1.82) is 0 Å². The van der Waals surface area contributed by atoms with Crippen molar-refractivity contribution in [2.75, 3.05) is 18.6 Å². The van der Waals surface area contributed by atoms with Crippen LogP contribution in [0.25, 0.3) is 0 Å². The second kappa shape index (κ2) is 6.02. The maximum Gasteiger partial charge on any atom is 0.337 e. The minimum atomic E-state index is -1.14. The van der Waals surface area contributed by atoms with Crippen LogP contribution in [-0.4, -0.2) is 49.2 Å². The summed E-state index contributed by atoms with van der Waals surface area (Å²) >= 11 is 0. The van der Waals surface area contributed by atoms with Gasteiger partial charge in [0, 0.05) is 6.92 Å². The van der Waals surface area contributed by atoms with Gasteiger partial charge < -0.3 is 14.2 Å². The third kappa shape index (κ3) is 2.48. The predicted octanol–water partition coefficient (Wildman–Crippen LogP) is 0.849. The first kappa shape index (κ1) is 17.4. The summed E-state index contributed by atoms with van der Waals surface area (Å²) in [5.74, 6) is -3.35. The van der Waals surface area contributed by atoms with E-state index < -0.39 is 47.3 Å². The number of methoxy groups -OCH3 is 1. The van der Waals surface area contributed by atoms with Gasteiger partial charge in [0.1, 0.15) is 12.2 Å². The Labute approximate surface area is 154 Å². The number of fused-ring (bicyclic) bond motifs is 5. The maximum atomic E-state index is 13.1. The molecule has 2 fully saturated rings. The van der Waals surface area contributed by atoms with Crippen molar-refractivity contribution in [2.24, 2.45) is 11.8 Å². The van der Waals surface area contributed by atoms with E-state index in [-0.39, 0.29) is 12.2 Å².